The Balaban J connectivity index is 2.05. The predicted molar refractivity (Wildman–Crippen MR) is 124 cm³/mol. The number of hydrogen-bond acceptors (Lipinski definition) is 5. The summed E-state index contributed by atoms with van der Waals surface area (Å²) in [5, 5.41) is 9.69. The van der Waals surface area contributed by atoms with Crippen LogP contribution in [0.5, 0.6) is 5.75 Å². The van der Waals surface area contributed by atoms with E-state index in [0.717, 1.165) is 11.1 Å². The Bertz CT molecular complexity index is 1010. The van der Waals surface area contributed by atoms with E-state index in [9.17, 15) is 13.5 Å². The molecule has 0 saturated carbocycles. The molecule has 0 amide bonds. The Morgan fingerprint density at radius 2 is 1.84 bits per heavy atom. The van der Waals surface area contributed by atoms with E-state index in [1.54, 1.807) is 25.1 Å². The molecule has 2 aromatic carbocycles. The monoisotopic (exact) mass is 444 g/mol. The SMILES string of the molecule is C[C@@H]1CN([C@H](C)CO)S(=O)(=O)c2ccc(/C=C/c3ccccc3)cc2O[C@H]1CN(C)C. The smallest absolute Gasteiger partial charge is 0.247 e. The van der Waals surface area contributed by atoms with Gasteiger partial charge in [0.2, 0.25) is 10.0 Å². The van der Waals surface area contributed by atoms with Crippen LogP contribution in [0, 0.1) is 5.92 Å². The summed E-state index contributed by atoms with van der Waals surface area (Å²) in [4.78, 5) is 2.18. The van der Waals surface area contributed by atoms with Crippen LogP contribution in [-0.4, -0.2) is 68.7 Å². The molecule has 3 atom stereocenters. The van der Waals surface area contributed by atoms with Gasteiger partial charge in [-0.25, -0.2) is 8.42 Å². The highest BCUT2D eigenvalue weighted by Crippen LogP contribution is 2.34. The molecule has 0 saturated heterocycles. The molecule has 7 heteroatoms. The molecule has 1 aliphatic rings. The minimum Gasteiger partial charge on any atom is -0.487 e. The van der Waals surface area contributed by atoms with Crippen molar-refractivity contribution < 1.29 is 18.3 Å². The fourth-order valence-corrected chi connectivity index (χ4v) is 5.51. The molecule has 0 spiro atoms. The summed E-state index contributed by atoms with van der Waals surface area (Å²) in [6, 6.07) is 14.6. The number of ether oxygens (including phenoxy) is 1. The molecule has 0 unspecified atom stereocenters. The van der Waals surface area contributed by atoms with Crippen molar-refractivity contribution in [1.82, 2.24) is 9.21 Å². The summed E-state index contributed by atoms with van der Waals surface area (Å²) in [6.07, 6.45) is 3.74. The lowest BCUT2D eigenvalue weighted by molar-refractivity contribution is 0.0812. The fourth-order valence-electron chi connectivity index (χ4n) is 3.68. The summed E-state index contributed by atoms with van der Waals surface area (Å²) in [5.74, 6) is 0.298. The average Bonchev–Trinajstić information content (AvgIpc) is 2.74. The number of likely N-dealkylation sites (N-methyl/N-ethyl adjacent to an activating group) is 1. The Morgan fingerprint density at radius 3 is 2.48 bits per heavy atom. The molecule has 0 aromatic heterocycles. The predicted octanol–water partition coefficient (Wildman–Crippen LogP) is 3.19. The third-order valence-corrected chi connectivity index (χ3v) is 7.52. The number of fused-ring (bicyclic) bond motifs is 1. The number of aliphatic hydroxyl groups excluding tert-OH is 1. The number of aliphatic hydroxyl groups is 1. The van der Waals surface area contributed by atoms with E-state index in [4.69, 9.17) is 4.74 Å². The van der Waals surface area contributed by atoms with Gasteiger partial charge in [-0.2, -0.15) is 4.31 Å². The first-order valence-corrected chi connectivity index (χ1v) is 12.0. The van der Waals surface area contributed by atoms with Gasteiger partial charge in [-0.3, -0.25) is 0 Å². The highest BCUT2D eigenvalue weighted by molar-refractivity contribution is 7.89. The minimum atomic E-state index is -3.81. The molecule has 2 aromatic rings. The third-order valence-electron chi connectivity index (χ3n) is 5.50. The first-order valence-electron chi connectivity index (χ1n) is 10.5. The topological polar surface area (TPSA) is 70.1 Å². The molecule has 0 radical (unpaired) electrons. The van der Waals surface area contributed by atoms with Crippen LogP contribution in [-0.2, 0) is 10.0 Å². The van der Waals surface area contributed by atoms with Gasteiger partial charge in [0.05, 0.1) is 6.61 Å². The average molecular weight is 445 g/mol. The highest BCUT2D eigenvalue weighted by atomic mass is 32.2. The van der Waals surface area contributed by atoms with E-state index in [2.05, 4.69) is 0 Å². The molecule has 31 heavy (non-hydrogen) atoms. The van der Waals surface area contributed by atoms with Crippen molar-refractivity contribution in [1.29, 1.82) is 0 Å². The van der Waals surface area contributed by atoms with Crippen LogP contribution in [0.1, 0.15) is 25.0 Å². The Morgan fingerprint density at radius 1 is 1.16 bits per heavy atom. The van der Waals surface area contributed by atoms with Gasteiger partial charge < -0.3 is 14.7 Å². The van der Waals surface area contributed by atoms with Crippen molar-refractivity contribution in [3.8, 4) is 5.75 Å². The standard InChI is InChI=1S/C24H32N2O4S/c1-18-15-26(19(2)17-27)31(28,29)24-13-12-21(11-10-20-8-6-5-7-9-20)14-22(24)30-23(18)16-25(3)4/h5-14,18-19,23,27H,15-17H2,1-4H3/b11-10+/t18-,19-,23+/m1/s1. The molecule has 0 bridgehead atoms. The van der Waals surface area contributed by atoms with Crippen molar-refractivity contribution in [2.45, 2.75) is 30.9 Å². The second kappa shape index (κ2) is 9.96. The van der Waals surface area contributed by atoms with E-state index in [1.807, 2.05) is 68.4 Å². The minimum absolute atomic E-state index is 0.0529. The third kappa shape index (κ3) is 5.54. The Labute approximate surface area is 185 Å². The van der Waals surface area contributed by atoms with Crippen LogP contribution in [0.3, 0.4) is 0 Å². The number of sulfonamides is 1. The van der Waals surface area contributed by atoms with Crippen molar-refractivity contribution in [2.75, 3.05) is 33.8 Å². The molecule has 6 nitrogen and oxygen atoms in total. The van der Waals surface area contributed by atoms with Gasteiger partial charge in [-0.15, -0.1) is 0 Å². The lowest BCUT2D eigenvalue weighted by Gasteiger charge is -2.37. The molecule has 1 N–H and O–H groups in total. The van der Waals surface area contributed by atoms with Crippen LogP contribution < -0.4 is 4.74 Å². The zero-order valence-corrected chi connectivity index (χ0v) is 19.4. The zero-order valence-electron chi connectivity index (χ0n) is 18.6. The Hall–Kier alpha value is -2.19. The van der Waals surface area contributed by atoms with E-state index in [-0.39, 0.29) is 30.1 Å². The number of nitrogens with zero attached hydrogens (tertiary/aromatic N) is 2. The molecule has 0 aliphatic carbocycles. The van der Waals surface area contributed by atoms with Crippen LogP contribution in [0.2, 0.25) is 0 Å². The molecular weight excluding hydrogens is 412 g/mol. The summed E-state index contributed by atoms with van der Waals surface area (Å²) < 4.78 is 34.6. The fraction of sp³-hybridized carbons (Fsp3) is 0.417. The maximum absolute atomic E-state index is 13.4. The van der Waals surface area contributed by atoms with Crippen molar-refractivity contribution in [2.24, 2.45) is 5.92 Å². The molecule has 168 valence electrons. The van der Waals surface area contributed by atoms with Gasteiger partial charge in [0.15, 0.2) is 0 Å². The van der Waals surface area contributed by atoms with Gasteiger partial charge in [-0.1, -0.05) is 55.5 Å². The summed E-state index contributed by atoms with van der Waals surface area (Å²) in [7, 11) is 0.132. The van der Waals surface area contributed by atoms with Crippen LogP contribution >= 0.6 is 0 Å². The van der Waals surface area contributed by atoms with Gasteiger partial charge >= 0.3 is 0 Å². The van der Waals surface area contributed by atoms with Crippen LogP contribution in [0.25, 0.3) is 12.2 Å². The highest BCUT2D eigenvalue weighted by Gasteiger charge is 2.37. The van der Waals surface area contributed by atoms with Gasteiger partial charge in [-0.05, 0) is 44.3 Å². The van der Waals surface area contributed by atoms with Crippen LogP contribution in [0.4, 0.5) is 0 Å². The molecule has 1 heterocycles. The molecular formula is C24H32N2O4S. The number of rotatable bonds is 6. The molecule has 0 fully saturated rings. The van der Waals surface area contributed by atoms with E-state index in [0.29, 0.717) is 12.3 Å². The van der Waals surface area contributed by atoms with Gasteiger partial charge in [0, 0.05) is 25.0 Å². The van der Waals surface area contributed by atoms with E-state index < -0.39 is 16.1 Å². The summed E-state index contributed by atoms with van der Waals surface area (Å²) in [6.45, 7) is 4.43. The van der Waals surface area contributed by atoms with Crippen molar-refractivity contribution in [3.05, 3.63) is 59.7 Å². The number of benzene rings is 2. The van der Waals surface area contributed by atoms with Gasteiger partial charge in [0.25, 0.3) is 0 Å². The molecule has 3 rings (SSSR count). The molecule has 1 aliphatic heterocycles. The second-order valence-electron chi connectivity index (χ2n) is 8.45. The van der Waals surface area contributed by atoms with E-state index >= 15 is 0 Å². The van der Waals surface area contributed by atoms with Crippen molar-refractivity contribution in [3.63, 3.8) is 0 Å². The maximum Gasteiger partial charge on any atom is 0.247 e. The van der Waals surface area contributed by atoms with E-state index in [1.165, 1.54) is 4.31 Å². The van der Waals surface area contributed by atoms with Crippen LogP contribution in [0.15, 0.2) is 53.4 Å². The normalized spacial score (nSPS) is 22.5. The quantitative estimate of drug-likeness (QED) is 0.693. The first kappa shape index (κ1) is 23.5. The Kier molecular flexibility index (Phi) is 7.54. The lowest BCUT2D eigenvalue weighted by atomic mass is 10.0. The summed E-state index contributed by atoms with van der Waals surface area (Å²) >= 11 is 0. The summed E-state index contributed by atoms with van der Waals surface area (Å²) in [5.41, 5.74) is 1.92. The largest absolute Gasteiger partial charge is 0.487 e. The van der Waals surface area contributed by atoms with Gasteiger partial charge in [0.1, 0.15) is 16.7 Å². The maximum atomic E-state index is 13.4. The van der Waals surface area contributed by atoms with Crippen molar-refractivity contribution >= 4 is 22.2 Å². The number of hydrogen-bond donors (Lipinski definition) is 1. The lowest BCUT2D eigenvalue weighted by Crippen LogP contribution is -2.49. The zero-order chi connectivity index (χ0) is 22.6. The second-order valence-corrected chi connectivity index (χ2v) is 10.3. The first-order chi connectivity index (χ1) is 14.7.